The van der Waals surface area contributed by atoms with E-state index in [1.165, 1.54) is 28.4 Å². The Morgan fingerprint density at radius 3 is 2.37 bits per heavy atom. The largest absolute Gasteiger partial charge is 0.744 e. The van der Waals surface area contributed by atoms with Crippen molar-refractivity contribution in [1.29, 1.82) is 0 Å². The molecule has 0 saturated heterocycles. The van der Waals surface area contributed by atoms with Gasteiger partial charge in [-0.3, -0.25) is 9.36 Å². The first-order valence-corrected chi connectivity index (χ1v) is 14.7. The Bertz CT molecular complexity index is 1770. The zero-order valence-corrected chi connectivity index (χ0v) is 23.6. The second-order valence-corrected chi connectivity index (χ2v) is 12.0. The molecule has 0 unspecified atom stereocenters. The van der Waals surface area contributed by atoms with E-state index in [4.69, 9.17) is 0 Å². The van der Waals surface area contributed by atoms with Crippen LogP contribution in [0.25, 0.3) is 11.1 Å². The predicted molar refractivity (Wildman–Crippen MR) is 152 cm³/mol. The van der Waals surface area contributed by atoms with Gasteiger partial charge in [0.2, 0.25) is 5.69 Å². The molecule has 0 amide bonds. The molecule has 0 saturated carbocycles. The molecule has 7 nitrogen and oxygen atoms in total. The number of thiazole rings is 1. The first-order chi connectivity index (χ1) is 18.1. The van der Waals surface area contributed by atoms with Crippen molar-refractivity contribution in [1.82, 2.24) is 4.57 Å². The van der Waals surface area contributed by atoms with E-state index in [-0.39, 0.29) is 10.5 Å². The number of allylic oxidation sites excluding steroid dienone is 1. The van der Waals surface area contributed by atoms with Gasteiger partial charge in [-0.2, -0.15) is 0 Å². The lowest BCUT2D eigenvalue weighted by atomic mass is 10.2. The first-order valence-electron chi connectivity index (χ1n) is 11.6. The van der Waals surface area contributed by atoms with Crippen molar-refractivity contribution in [2.24, 2.45) is 7.05 Å². The van der Waals surface area contributed by atoms with E-state index in [1.807, 2.05) is 62.1 Å². The molecule has 38 heavy (non-hydrogen) atoms. The maximum Gasteiger partial charge on any atom is 0.272 e. The molecule has 1 aliphatic heterocycles. The van der Waals surface area contributed by atoms with Crippen LogP contribution in [0.2, 0.25) is 0 Å². The van der Waals surface area contributed by atoms with Crippen LogP contribution in [-0.2, 0) is 23.7 Å². The van der Waals surface area contributed by atoms with E-state index in [0.29, 0.717) is 6.54 Å². The summed E-state index contributed by atoms with van der Waals surface area (Å²) in [5.74, 6) is 0. The molecule has 5 rings (SSSR count). The van der Waals surface area contributed by atoms with Crippen LogP contribution >= 0.6 is 23.1 Å². The van der Waals surface area contributed by atoms with Crippen molar-refractivity contribution in [3.63, 3.8) is 0 Å². The summed E-state index contributed by atoms with van der Waals surface area (Å²) in [5.41, 5.74) is 3.15. The molecule has 2 aromatic heterocycles. The fourth-order valence-electron chi connectivity index (χ4n) is 3.79. The van der Waals surface area contributed by atoms with Crippen molar-refractivity contribution >= 4 is 50.0 Å². The highest BCUT2D eigenvalue weighted by atomic mass is 32.2. The third-order valence-electron chi connectivity index (χ3n) is 5.83. The molecule has 3 heterocycles. The molecule has 4 aromatic rings. The summed E-state index contributed by atoms with van der Waals surface area (Å²) in [6, 6.07) is 20.1. The lowest BCUT2D eigenvalue weighted by Crippen LogP contribution is -2.35. The summed E-state index contributed by atoms with van der Waals surface area (Å²) >= 11 is 3.19. The summed E-state index contributed by atoms with van der Waals surface area (Å²) in [4.78, 5) is 16.3. The number of pyridine rings is 1. The van der Waals surface area contributed by atoms with Crippen LogP contribution in [0.4, 0.5) is 5.69 Å². The second kappa shape index (κ2) is 11.5. The Hall–Kier alpha value is -3.44. The van der Waals surface area contributed by atoms with Crippen LogP contribution in [0.15, 0.2) is 100 Å². The molecule has 10 heteroatoms. The highest BCUT2D eigenvalue weighted by Gasteiger charge is 2.24. The normalized spacial score (nSPS) is 14.6. The third kappa shape index (κ3) is 5.99. The molecular formula is C28H27N3O4S3. The van der Waals surface area contributed by atoms with E-state index in [9.17, 15) is 17.8 Å². The quantitative estimate of drug-likeness (QED) is 0.215. The Kier molecular flexibility index (Phi) is 8.37. The predicted octanol–water partition coefficient (Wildman–Crippen LogP) is 2.96. The number of anilines is 1. The average Bonchev–Trinajstić information content (AvgIpc) is 3.37. The molecule has 0 atom stereocenters. The van der Waals surface area contributed by atoms with Crippen LogP contribution < -0.4 is 24.2 Å². The summed E-state index contributed by atoms with van der Waals surface area (Å²) in [5, 5.41) is 0.987. The van der Waals surface area contributed by atoms with E-state index in [1.54, 1.807) is 34.5 Å². The highest BCUT2D eigenvalue weighted by Crippen LogP contribution is 2.44. The number of rotatable bonds is 4. The number of hydrogen-bond donors (Lipinski definition) is 0. The van der Waals surface area contributed by atoms with Gasteiger partial charge in [0.15, 0.2) is 6.20 Å². The van der Waals surface area contributed by atoms with Crippen LogP contribution in [-0.4, -0.2) is 24.6 Å². The molecular weight excluding hydrogens is 539 g/mol. The van der Waals surface area contributed by atoms with Crippen molar-refractivity contribution in [3.8, 4) is 0 Å². The lowest BCUT2D eigenvalue weighted by Gasteiger charge is -2.11. The van der Waals surface area contributed by atoms with Crippen molar-refractivity contribution in [2.75, 3.05) is 11.9 Å². The van der Waals surface area contributed by atoms with Gasteiger partial charge < -0.3 is 9.45 Å². The zero-order valence-electron chi connectivity index (χ0n) is 21.2. The van der Waals surface area contributed by atoms with Crippen molar-refractivity contribution in [2.45, 2.75) is 23.3 Å². The van der Waals surface area contributed by atoms with Gasteiger partial charge in [0, 0.05) is 36.7 Å². The van der Waals surface area contributed by atoms with Crippen molar-refractivity contribution in [3.05, 3.63) is 116 Å². The van der Waals surface area contributed by atoms with Gasteiger partial charge in [-0.1, -0.05) is 47.7 Å². The summed E-state index contributed by atoms with van der Waals surface area (Å²) in [6.07, 6.45) is 5.83. The number of benzene rings is 2. The van der Waals surface area contributed by atoms with E-state index in [2.05, 4.69) is 29.7 Å². The number of thioether (sulfide) groups is 1. The number of para-hydroxylation sites is 1. The maximum absolute atomic E-state index is 13.2. The average molecular weight is 566 g/mol. The minimum Gasteiger partial charge on any atom is -0.744 e. The first kappa shape index (κ1) is 27.6. The molecule has 2 aromatic carbocycles. The van der Waals surface area contributed by atoms with E-state index >= 15 is 0 Å². The number of fused-ring (bicyclic) bond motifs is 1. The smallest absolute Gasteiger partial charge is 0.272 e. The van der Waals surface area contributed by atoms with Gasteiger partial charge >= 0.3 is 0 Å². The Labute approximate surface area is 230 Å². The maximum atomic E-state index is 13.2. The summed E-state index contributed by atoms with van der Waals surface area (Å²) < 4.78 is 36.7. The zero-order chi connectivity index (χ0) is 27.4. The fourth-order valence-corrected chi connectivity index (χ4v) is 6.67. The highest BCUT2D eigenvalue weighted by molar-refractivity contribution is 8.08. The van der Waals surface area contributed by atoms with Gasteiger partial charge in [0.05, 0.1) is 10.6 Å². The molecule has 0 N–H and O–H groups in total. The third-order valence-corrected chi connectivity index (χ3v) is 9.17. The van der Waals surface area contributed by atoms with Crippen LogP contribution in [0.1, 0.15) is 11.3 Å². The lowest BCUT2D eigenvalue weighted by molar-refractivity contribution is -0.673. The standard InChI is InChI=1S/C21H20N3OS2.C7H8O3S/c1-4-12-24-18(14-15-9-7-8-13-22(15)2)27-19(20(24)25)21-23(3)16-10-5-6-11-17(16)26-21;1-6-2-4-7(5-3-6)11(8,9)10/h4-11,13-14H,1,12H2,2-3H3;2-5H,1H3,(H,8,9,10)/q+1;/p-1. The number of hydrogen-bond acceptors (Lipinski definition) is 7. The van der Waals surface area contributed by atoms with Gasteiger partial charge in [0.25, 0.3) is 5.56 Å². The van der Waals surface area contributed by atoms with Crippen LogP contribution in [0.3, 0.4) is 0 Å². The Morgan fingerprint density at radius 1 is 1.05 bits per heavy atom. The topological polar surface area (TPSA) is 86.3 Å². The molecule has 0 bridgehead atoms. The minimum atomic E-state index is -4.27. The molecule has 0 fully saturated rings. The van der Waals surface area contributed by atoms with Crippen LogP contribution in [0.5, 0.6) is 0 Å². The fraction of sp³-hybridized carbons (Fsp3) is 0.143. The summed E-state index contributed by atoms with van der Waals surface area (Å²) in [6.45, 7) is 6.13. The number of aryl methyl sites for hydroxylation is 2. The van der Waals surface area contributed by atoms with Crippen molar-refractivity contribution < 1.29 is 17.5 Å². The Morgan fingerprint density at radius 2 is 1.74 bits per heavy atom. The number of aromatic nitrogens is 2. The Balaban J connectivity index is 0.000000257. The SMILES string of the molecule is C=CCn1c(=Cc2cccc[n+]2C)sc(=C2Sc3ccccc3N2C)c1=O.Cc1ccc(S(=O)(=O)[O-])cc1. The molecule has 0 aliphatic carbocycles. The van der Waals surface area contributed by atoms with Gasteiger partial charge in [0.1, 0.15) is 31.4 Å². The van der Waals surface area contributed by atoms with Gasteiger partial charge in [-0.05, 0) is 37.3 Å². The van der Waals surface area contributed by atoms with Gasteiger partial charge in [-0.15, -0.1) is 17.9 Å². The van der Waals surface area contributed by atoms with E-state index in [0.717, 1.165) is 31.2 Å². The minimum absolute atomic E-state index is 0.0342. The van der Waals surface area contributed by atoms with Crippen LogP contribution in [0, 0.1) is 6.92 Å². The molecule has 1 aliphatic rings. The number of nitrogens with zero attached hydrogens (tertiary/aromatic N) is 3. The monoisotopic (exact) mass is 565 g/mol. The molecule has 196 valence electrons. The molecule has 0 spiro atoms. The van der Waals surface area contributed by atoms with E-state index < -0.39 is 10.1 Å². The van der Waals surface area contributed by atoms with Gasteiger partial charge in [-0.25, -0.2) is 13.0 Å². The molecule has 0 radical (unpaired) electrons. The second-order valence-electron chi connectivity index (χ2n) is 8.56. The summed E-state index contributed by atoms with van der Waals surface area (Å²) in [7, 11) is -0.248.